The van der Waals surface area contributed by atoms with Crippen molar-refractivity contribution < 1.29 is 24.0 Å². The van der Waals surface area contributed by atoms with E-state index in [0.717, 1.165) is 97.2 Å². The summed E-state index contributed by atoms with van der Waals surface area (Å²) in [7, 11) is 0. The van der Waals surface area contributed by atoms with Crippen molar-refractivity contribution in [3.05, 3.63) is 0 Å². The third-order valence-corrected chi connectivity index (χ3v) is 16.8. The van der Waals surface area contributed by atoms with Crippen LogP contribution in [0.3, 0.4) is 0 Å². The Hall–Kier alpha value is -2.61. The van der Waals surface area contributed by atoms with Gasteiger partial charge in [-0.15, -0.1) is 0 Å². The predicted octanol–water partition coefficient (Wildman–Crippen LogP) is 15.2. The molecule has 0 heterocycles. The van der Waals surface area contributed by atoms with Crippen LogP contribution in [0.4, 0.5) is 0 Å². The highest BCUT2D eigenvalue weighted by Crippen LogP contribution is 2.14. The second-order valence-corrected chi connectivity index (χ2v) is 24.9. The van der Waals surface area contributed by atoms with Crippen LogP contribution in [0, 0.1) is 0 Å². The molecule has 4 amide bonds. The van der Waals surface area contributed by atoms with Gasteiger partial charge in [-0.2, -0.15) is 0 Å². The second-order valence-electron chi connectivity index (χ2n) is 24.9. The number of ketones is 1. The average molecular weight is 1170 g/mol. The van der Waals surface area contributed by atoms with Crippen LogP contribution in [-0.4, -0.2) is 142 Å². The third kappa shape index (κ3) is 62.3. The van der Waals surface area contributed by atoms with Crippen LogP contribution in [0.5, 0.6) is 0 Å². The maximum Gasteiger partial charge on any atom is 0.221 e. The van der Waals surface area contributed by atoms with E-state index in [0.29, 0.717) is 84.5 Å². The molecule has 0 rings (SSSR count). The van der Waals surface area contributed by atoms with Crippen molar-refractivity contribution in [2.24, 2.45) is 0 Å². The molecule has 0 aromatic carbocycles. The minimum Gasteiger partial charge on any atom is -0.356 e. The number of nitrogens with one attached hydrogen (secondary N) is 5. The lowest BCUT2D eigenvalue weighted by Crippen LogP contribution is -2.43. The smallest absolute Gasteiger partial charge is 0.221 e. The largest absolute Gasteiger partial charge is 0.356 e. The number of nitrogens with zero attached hydrogens (tertiary/aromatic N) is 3. The molecule has 13 heteroatoms. The number of hydrogen-bond acceptors (Lipinski definition) is 9. The summed E-state index contributed by atoms with van der Waals surface area (Å²) < 4.78 is 0. The van der Waals surface area contributed by atoms with Crippen molar-refractivity contribution in [2.75, 3.05) is 98.2 Å². The van der Waals surface area contributed by atoms with Crippen LogP contribution in [0.25, 0.3) is 0 Å². The van der Waals surface area contributed by atoms with Gasteiger partial charge in [-0.1, -0.05) is 259 Å². The third-order valence-electron chi connectivity index (χ3n) is 16.8. The Morgan fingerprint density at radius 2 is 0.422 bits per heavy atom. The minimum absolute atomic E-state index is 0.0675. The molecule has 5 N–H and O–H groups in total. The molecule has 13 nitrogen and oxygen atoms in total. The Balaban J connectivity index is 5.43. The first kappa shape index (κ1) is 80.4. The zero-order chi connectivity index (χ0) is 60.6. The van der Waals surface area contributed by atoms with Crippen LogP contribution in [0.1, 0.15) is 324 Å². The lowest BCUT2D eigenvalue weighted by atomic mass is 10.1. The summed E-state index contributed by atoms with van der Waals surface area (Å²) in [6, 6.07) is 0. The van der Waals surface area contributed by atoms with E-state index in [4.69, 9.17) is 0 Å². The van der Waals surface area contributed by atoms with Crippen molar-refractivity contribution in [3.63, 3.8) is 0 Å². The first-order chi connectivity index (χ1) is 40.6. The van der Waals surface area contributed by atoms with E-state index in [1.165, 1.54) is 205 Å². The van der Waals surface area contributed by atoms with Gasteiger partial charge in [0, 0.05) is 130 Å². The highest BCUT2D eigenvalue weighted by atomic mass is 16.2. The van der Waals surface area contributed by atoms with Gasteiger partial charge in [0.15, 0.2) is 0 Å². The number of unbranched alkanes of at least 4 members (excludes halogenated alkanes) is 36. The van der Waals surface area contributed by atoms with Gasteiger partial charge in [0.05, 0.1) is 0 Å². The van der Waals surface area contributed by atoms with E-state index in [-0.39, 0.29) is 29.4 Å². The van der Waals surface area contributed by atoms with Gasteiger partial charge in [-0.05, 0) is 32.6 Å². The van der Waals surface area contributed by atoms with E-state index in [2.05, 4.69) is 69.0 Å². The monoisotopic (exact) mass is 1170 g/mol. The molecule has 0 radical (unpaired) electrons. The Labute approximate surface area is 514 Å². The lowest BCUT2D eigenvalue weighted by molar-refractivity contribution is -0.122. The SMILES string of the molecule is CCCCCCCCCCCCNC(=O)CCN(CCNCCN(CCC(=O)NCCCCCCCCCCCC)CCN(CCC(C)=O)CCC(=O)NCCCCCCCCCCCC)CCC(=O)NCCCCCCCCCCCC. The number of amides is 4. The summed E-state index contributed by atoms with van der Waals surface area (Å²) >= 11 is 0. The van der Waals surface area contributed by atoms with Crippen molar-refractivity contribution in [1.29, 1.82) is 0 Å². The maximum atomic E-state index is 13.2. The molecule has 0 saturated carbocycles. The molecular formula is C70H140N8O5. The number of rotatable bonds is 68. The molecule has 0 aliphatic heterocycles. The average Bonchev–Trinajstić information content (AvgIpc) is 3.47. The lowest BCUT2D eigenvalue weighted by Gasteiger charge is -2.28. The van der Waals surface area contributed by atoms with Crippen molar-refractivity contribution >= 4 is 29.4 Å². The molecule has 0 atom stereocenters. The first-order valence-corrected chi connectivity index (χ1v) is 36.1. The molecule has 83 heavy (non-hydrogen) atoms. The quantitative estimate of drug-likeness (QED) is 0.0374. The molecular weight excluding hydrogens is 1030 g/mol. The predicted molar refractivity (Wildman–Crippen MR) is 355 cm³/mol. The standard InChI is InChI=1S/C70H140N8O5/c1-6-10-14-18-22-26-30-34-38-42-51-72-67(80)47-58-76(59-48-68(81)73-52-43-39-35-31-27-23-19-15-11-7-2)62-55-71-56-63-78(61-50-70(83)75-54-45-41-37-33-29-25-21-17-13-9-4)65-64-77(57-46-66(5)79)60-49-69(82)74-53-44-40-36-32-28-24-20-16-12-8-3/h71H,6-65H2,1-5H3,(H,72,80)(H,73,81)(H,74,82)(H,75,83). The van der Waals surface area contributed by atoms with Gasteiger partial charge in [0.1, 0.15) is 5.78 Å². The topological polar surface area (TPSA) is 155 Å². The Morgan fingerprint density at radius 3 is 0.651 bits per heavy atom. The summed E-state index contributed by atoms with van der Waals surface area (Å²) in [5.41, 5.74) is 0. The zero-order valence-electron chi connectivity index (χ0n) is 55.8. The molecule has 0 spiro atoms. The molecule has 0 saturated heterocycles. The fourth-order valence-electron chi connectivity index (χ4n) is 11.0. The number of hydrogen-bond donors (Lipinski definition) is 5. The van der Waals surface area contributed by atoms with E-state index in [9.17, 15) is 24.0 Å². The summed E-state index contributed by atoms with van der Waals surface area (Å²) in [5, 5.41) is 16.3. The van der Waals surface area contributed by atoms with E-state index < -0.39 is 0 Å². The molecule has 0 aliphatic carbocycles. The van der Waals surface area contributed by atoms with Crippen molar-refractivity contribution in [3.8, 4) is 0 Å². The Bertz CT molecular complexity index is 1400. The molecule has 0 unspecified atom stereocenters. The molecule has 0 bridgehead atoms. The maximum absolute atomic E-state index is 13.2. The summed E-state index contributed by atoms with van der Waals surface area (Å²) in [4.78, 5) is 71.3. The van der Waals surface area contributed by atoms with E-state index in [1.807, 2.05) is 0 Å². The molecule has 0 aromatic heterocycles. The zero-order valence-corrected chi connectivity index (χ0v) is 55.8. The summed E-state index contributed by atoms with van der Waals surface area (Å²) in [6.45, 7) is 20.9. The molecule has 0 aromatic rings. The number of carbonyl (C=O) groups excluding carboxylic acids is 5. The van der Waals surface area contributed by atoms with Crippen LogP contribution < -0.4 is 26.6 Å². The minimum atomic E-state index is 0.0675. The van der Waals surface area contributed by atoms with Crippen LogP contribution in [0.15, 0.2) is 0 Å². The Kier molecular flexibility index (Phi) is 63.3. The Morgan fingerprint density at radius 1 is 0.229 bits per heavy atom. The van der Waals surface area contributed by atoms with Gasteiger partial charge < -0.3 is 41.3 Å². The van der Waals surface area contributed by atoms with Crippen molar-refractivity contribution in [2.45, 2.75) is 324 Å². The van der Waals surface area contributed by atoms with Gasteiger partial charge in [0.25, 0.3) is 0 Å². The number of carbonyl (C=O) groups is 5. The number of Topliss-reactive ketones (excluding diaryl/α,β-unsaturated/α-hetero) is 1. The van der Waals surface area contributed by atoms with Gasteiger partial charge in [0.2, 0.25) is 23.6 Å². The highest BCUT2D eigenvalue weighted by molar-refractivity contribution is 5.77. The second kappa shape index (κ2) is 65.4. The molecule has 0 aliphatic rings. The van der Waals surface area contributed by atoms with Crippen LogP contribution in [0.2, 0.25) is 0 Å². The first-order valence-electron chi connectivity index (χ1n) is 36.1. The van der Waals surface area contributed by atoms with E-state index >= 15 is 0 Å². The summed E-state index contributed by atoms with van der Waals surface area (Å²) in [6.07, 6.45) is 52.8. The molecule has 490 valence electrons. The molecule has 0 fully saturated rings. The van der Waals surface area contributed by atoms with Gasteiger partial charge in [-0.25, -0.2) is 0 Å². The van der Waals surface area contributed by atoms with E-state index in [1.54, 1.807) is 6.92 Å². The fourth-order valence-corrected chi connectivity index (χ4v) is 11.0. The van der Waals surface area contributed by atoms with Crippen LogP contribution >= 0.6 is 0 Å². The van der Waals surface area contributed by atoms with Gasteiger partial charge >= 0.3 is 0 Å². The highest BCUT2D eigenvalue weighted by Gasteiger charge is 2.16. The normalized spacial score (nSPS) is 11.6. The van der Waals surface area contributed by atoms with Crippen molar-refractivity contribution in [1.82, 2.24) is 41.3 Å². The van der Waals surface area contributed by atoms with Gasteiger partial charge in [-0.3, -0.25) is 24.0 Å². The van der Waals surface area contributed by atoms with Crippen LogP contribution in [-0.2, 0) is 24.0 Å². The summed E-state index contributed by atoms with van der Waals surface area (Å²) in [5.74, 6) is 0.453. The fraction of sp³-hybridized carbons (Fsp3) is 0.929.